The molecule has 3 aromatic rings. The summed E-state index contributed by atoms with van der Waals surface area (Å²) >= 11 is 0. The normalized spacial score (nSPS) is 12.6. The van der Waals surface area contributed by atoms with Gasteiger partial charge in [-0.05, 0) is 47.0 Å². The molecule has 0 spiro atoms. The lowest BCUT2D eigenvalue weighted by atomic mass is 10.1. The number of sulfone groups is 1. The smallest absolute Gasteiger partial charge is 0.187 e. The number of ether oxygens (including phenoxy) is 1. The topological polar surface area (TPSA) is 88.8 Å². The van der Waals surface area contributed by atoms with Gasteiger partial charge in [0.15, 0.2) is 21.3 Å². The van der Waals surface area contributed by atoms with Gasteiger partial charge in [-0.1, -0.05) is 35.5 Å². The Hall–Kier alpha value is -3.63. The molecule has 0 heterocycles. The van der Waals surface area contributed by atoms with E-state index < -0.39 is 9.84 Å². The van der Waals surface area contributed by atoms with E-state index in [2.05, 4.69) is 5.16 Å². The van der Waals surface area contributed by atoms with Gasteiger partial charge in [0.1, 0.15) is 16.7 Å². The maximum atomic E-state index is 12.4. The van der Waals surface area contributed by atoms with Crippen LogP contribution in [0.1, 0.15) is 16.7 Å². The highest BCUT2D eigenvalue weighted by Crippen LogP contribution is 2.44. The minimum atomic E-state index is -3.56. The largest absolute Gasteiger partial charge is 0.497 e. The molecule has 0 saturated heterocycles. The maximum Gasteiger partial charge on any atom is 0.187 e. The zero-order valence-corrected chi connectivity index (χ0v) is 17.2. The van der Waals surface area contributed by atoms with Crippen LogP contribution in [0.2, 0.25) is 0 Å². The van der Waals surface area contributed by atoms with E-state index in [1.54, 1.807) is 37.4 Å². The van der Waals surface area contributed by atoms with Crippen molar-refractivity contribution in [3.8, 4) is 28.7 Å². The minimum absolute atomic E-state index is 0.0326. The van der Waals surface area contributed by atoms with Crippen molar-refractivity contribution >= 4 is 15.5 Å². The van der Waals surface area contributed by atoms with Crippen molar-refractivity contribution in [3.05, 3.63) is 77.4 Å². The van der Waals surface area contributed by atoms with E-state index in [0.29, 0.717) is 17.7 Å². The number of nitrogens with zero attached hydrogens (tertiary/aromatic N) is 2. The van der Waals surface area contributed by atoms with E-state index in [1.165, 1.54) is 6.07 Å². The Morgan fingerprint density at radius 1 is 1.03 bits per heavy atom. The molecule has 0 radical (unpaired) electrons. The fourth-order valence-electron chi connectivity index (χ4n) is 3.53. The Kier molecular flexibility index (Phi) is 5.02. The summed E-state index contributed by atoms with van der Waals surface area (Å²) in [4.78, 5) is 5.70. The SMILES string of the molecule is COc1ccc(C(C#N)=NOc2c(S(C)(=O)=O)ccc3c2Cc2ccccc2-3)cc1. The van der Waals surface area contributed by atoms with Crippen LogP contribution in [0.3, 0.4) is 0 Å². The van der Waals surface area contributed by atoms with Gasteiger partial charge in [-0.2, -0.15) is 5.26 Å². The van der Waals surface area contributed by atoms with Gasteiger partial charge in [0, 0.05) is 23.8 Å². The van der Waals surface area contributed by atoms with Crippen molar-refractivity contribution in [2.75, 3.05) is 13.4 Å². The van der Waals surface area contributed by atoms with Gasteiger partial charge < -0.3 is 9.57 Å². The van der Waals surface area contributed by atoms with Gasteiger partial charge in [0.2, 0.25) is 0 Å². The Bertz CT molecular complexity index is 1300. The molecule has 0 atom stereocenters. The molecule has 6 nitrogen and oxygen atoms in total. The van der Waals surface area contributed by atoms with Crippen LogP contribution in [0.5, 0.6) is 11.5 Å². The van der Waals surface area contributed by atoms with Crippen LogP contribution < -0.4 is 9.57 Å². The van der Waals surface area contributed by atoms with Crippen molar-refractivity contribution in [3.63, 3.8) is 0 Å². The third-order valence-electron chi connectivity index (χ3n) is 5.00. The molecule has 1 aliphatic carbocycles. The lowest BCUT2D eigenvalue weighted by molar-refractivity contribution is 0.330. The summed E-state index contributed by atoms with van der Waals surface area (Å²) < 4.78 is 29.9. The van der Waals surface area contributed by atoms with Gasteiger partial charge in [-0.15, -0.1) is 0 Å². The first-order valence-corrected chi connectivity index (χ1v) is 11.0. The van der Waals surface area contributed by atoms with Gasteiger partial charge in [-0.25, -0.2) is 8.42 Å². The van der Waals surface area contributed by atoms with E-state index in [0.717, 1.165) is 28.5 Å². The number of methoxy groups -OCH3 is 1. The quantitative estimate of drug-likeness (QED) is 0.361. The van der Waals surface area contributed by atoms with E-state index in [9.17, 15) is 13.7 Å². The number of hydrogen-bond donors (Lipinski definition) is 0. The summed E-state index contributed by atoms with van der Waals surface area (Å²) in [5, 5.41) is 13.5. The van der Waals surface area contributed by atoms with Crippen molar-refractivity contribution in [2.45, 2.75) is 11.3 Å². The van der Waals surface area contributed by atoms with Crippen LogP contribution in [-0.4, -0.2) is 27.5 Å². The summed E-state index contributed by atoms with van der Waals surface area (Å²) in [6.45, 7) is 0. The molecular weight excluding hydrogens is 400 g/mol. The van der Waals surface area contributed by atoms with Crippen molar-refractivity contribution in [2.24, 2.45) is 5.16 Å². The van der Waals surface area contributed by atoms with Crippen molar-refractivity contribution in [1.82, 2.24) is 0 Å². The predicted molar refractivity (Wildman–Crippen MR) is 114 cm³/mol. The molecule has 150 valence electrons. The molecule has 0 bridgehead atoms. The molecule has 0 N–H and O–H groups in total. The summed E-state index contributed by atoms with van der Waals surface area (Å²) in [5.41, 5.74) is 4.35. The summed E-state index contributed by atoms with van der Waals surface area (Å²) in [7, 11) is -2.01. The average molecular weight is 418 g/mol. The van der Waals surface area contributed by atoms with Gasteiger partial charge in [-0.3, -0.25) is 0 Å². The van der Waals surface area contributed by atoms with Crippen LogP contribution in [-0.2, 0) is 16.3 Å². The van der Waals surface area contributed by atoms with Gasteiger partial charge in [0.25, 0.3) is 0 Å². The Morgan fingerprint density at radius 3 is 2.43 bits per heavy atom. The zero-order valence-electron chi connectivity index (χ0n) is 16.4. The molecule has 4 rings (SSSR count). The van der Waals surface area contributed by atoms with Crippen LogP contribution in [0, 0.1) is 11.3 Å². The minimum Gasteiger partial charge on any atom is -0.497 e. The highest BCUT2D eigenvalue weighted by molar-refractivity contribution is 7.90. The molecule has 0 saturated carbocycles. The molecule has 0 amide bonds. The summed E-state index contributed by atoms with van der Waals surface area (Å²) in [5.74, 6) is 0.808. The third kappa shape index (κ3) is 3.53. The molecule has 30 heavy (non-hydrogen) atoms. The molecule has 1 aliphatic rings. The summed E-state index contributed by atoms with van der Waals surface area (Å²) in [6, 6.07) is 20.0. The second kappa shape index (κ2) is 7.65. The van der Waals surface area contributed by atoms with Crippen LogP contribution in [0.25, 0.3) is 11.1 Å². The third-order valence-corrected chi connectivity index (χ3v) is 6.12. The van der Waals surface area contributed by atoms with Gasteiger partial charge in [0.05, 0.1) is 7.11 Å². The second-order valence-corrected chi connectivity index (χ2v) is 8.88. The lowest BCUT2D eigenvalue weighted by Crippen LogP contribution is -2.06. The predicted octanol–water partition coefficient (Wildman–Crippen LogP) is 3.98. The maximum absolute atomic E-state index is 12.4. The van der Waals surface area contributed by atoms with Crippen molar-refractivity contribution in [1.29, 1.82) is 5.26 Å². The zero-order chi connectivity index (χ0) is 21.3. The average Bonchev–Trinajstić information content (AvgIpc) is 3.13. The fourth-order valence-corrected chi connectivity index (χ4v) is 4.34. The van der Waals surface area contributed by atoms with E-state index in [1.807, 2.05) is 30.3 Å². The van der Waals surface area contributed by atoms with E-state index in [-0.39, 0.29) is 16.4 Å². The van der Waals surface area contributed by atoms with Gasteiger partial charge >= 0.3 is 0 Å². The van der Waals surface area contributed by atoms with Crippen LogP contribution in [0.15, 0.2) is 70.7 Å². The number of benzene rings is 3. The number of oxime groups is 1. The molecule has 0 unspecified atom stereocenters. The van der Waals surface area contributed by atoms with Crippen LogP contribution >= 0.6 is 0 Å². The van der Waals surface area contributed by atoms with E-state index in [4.69, 9.17) is 9.57 Å². The van der Waals surface area contributed by atoms with E-state index >= 15 is 0 Å². The summed E-state index contributed by atoms with van der Waals surface area (Å²) in [6.07, 6.45) is 1.66. The molecule has 0 fully saturated rings. The fraction of sp³-hybridized carbons (Fsp3) is 0.130. The van der Waals surface area contributed by atoms with Crippen molar-refractivity contribution < 1.29 is 18.0 Å². The molecule has 3 aromatic carbocycles. The molecular formula is C23H18N2O4S. The Balaban J connectivity index is 1.79. The first-order chi connectivity index (χ1) is 14.4. The lowest BCUT2D eigenvalue weighted by Gasteiger charge is -2.11. The number of nitriles is 1. The highest BCUT2D eigenvalue weighted by atomic mass is 32.2. The van der Waals surface area contributed by atoms with Crippen LogP contribution in [0.4, 0.5) is 0 Å². The first kappa shape index (κ1) is 19.7. The Labute approximate surface area is 174 Å². The monoisotopic (exact) mass is 418 g/mol. The second-order valence-electron chi connectivity index (χ2n) is 6.90. The molecule has 0 aromatic heterocycles. The number of hydrogen-bond acceptors (Lipinski definition) is 6. The molecule has 7 heteroatoms. The Morgan fingerprint density at radius 2 is 1.77 bits per heavy atom. The number of fused-ring (bicyclic) bond motifs is 3. The molecule has 0 aliphatic heterocycles. The standard InChI is InChI=1S/C23H18N2O4S/c1-28-17-9-7-15(8-10-17)21(14-24)25-29-23-20-13-16-5-3-4-6-18(16)19(20)11-12-22(23)30(2,26)27/h3-12H,13H2,1-2H3. The number of rotatable bonds is 5. The highest BCUT2D eigenvalue weighted by Gasteiger charge is 2.27. The first-order valence-electron chi connectivity index (χ1n) is 9.16.